The zero-order chi connectivity index (χ0) is 8.43. The molecule has 1 aromatic rings. The summed E-state index contributed by atoms with van der Waals surface area (Å²) in [5.41, 5.74) is 1.03. The Balaban J connectivity index is 3.21. The lowest BCUT2D eigenvalue weighted by molar-refractivity contribution is 1.36. The smallest absolute Gasteiger partial charge is 0.0622 e. The van der Waals surface area contributed by atoms with Crippen LogP contribution in [-0.4, -0.2) is 6.26 Å². The molecule has 0 aromatic heterocycles. The zero-order valence-corrected chi connectivity index (χ0v) is 8.65. The van der Waals surface area contributed by atoms with Crippen molar-refractivity contribution in [1.82, 2.24) is 0 Å². The van der Waals surface area contributed by atoms with E-state index in [9.17, 15) is 0 Å². The van der Waals surface area contributed by atoms with E-state index >= 15 is 0 Å². The van der Waals surface area contributed by atoms with Crippen molar-refractivity contribution in [3.05, 3.63) is 27.7 Å². The van der Waals surface area contributed by atoms with Crippen LogP contribution < -0.4 is 0 Å². The van der Waals surface area contributed by atoms with Gasteiger partial charge in [-0.25, -0.2) is 0 Å². The van der Waals surface area contributed by atoms with Crippen LogP contribution in [0, 0.1) is 6.92 Å². The van der Waals surface area contributed by atoms with Crippen molar-refractivity contribution in [2.24, 2.45) is 0 Å². The third kappa shape index (κ3) is 2.05. The van der Waals surface area contributed by atoms with Crippen LogP contribution in [0.4, 0.5) is 0 Å². The summed E-state index contributed by atoms with van der Waals surface area (Å²) in [5.74, 6) is 0. The van der Waals surface area contributed by atoms with Gasteiger partial charge >= 0.3 is 0 Å². The molecule has 0 saturated heterocycles. The molecule has 0 nitrogen and oxygen atoms in total. The number of halogens is 2. The SMILES string of the molecule is CSc1cc(C)c(Cl)c(Cl)c1. The second-order valence-corrected chi connectivity index (χ2v) is 3.90. The van der Waals surface area contributed by atoms with Crippen molar-refractivity contribution in [2.45, 2.75) is 11.8 Å². The van der Waals surface area contributed by atoms with Crippen LogP contribution in [0.2, 0.25) is 10.0 Å². The van der Waals surface area contributed by atoms with E-state index < -0.39 is 0 Å². The van der Waals surface area contributed by atoms with Crippen molar-refractivity contribution < 1.29 is 0 Å². The van der Waals surface area contributed by atoms with E-state index in [1.165, 1.54) is 0 Å². The summed E-state index contributed by atoms with van der Waals surface area (Å²) in [6.07, 6.45) is 2.01. The van der Waals surface area contributed by atoms with Gasteiger partial charge in [-0.3, -0.25) is 0 Å². The van der Waals surface area contributed by atoms with Crippen LogP contribution in [0.15, 0.2) is 17.0 Å². The monoisotopic (exact) mass is 206 g/mol. The van der Waals surface area contributed by atoms with Gasteiger partial charge in [0, 0.05) is 4.90 Å². The first-order valence-electron chi connectivity index (χ1n) is 3.15. The minimum Gasteiger partial charge on any atom is -0.130 e. The van der Waals surface area contributed by atoms with E-state index in [0.29, 0.717) is 10.0 Å². The summed E-state index contributed by atoms with van der Waals surface area (Å²) in [5, 5.41) is 1.29. The molecule has 0 amide bonds. The minimum absolute atomic E-state index is 0.635. The molecule has 0 atom stereocenters. The molecule has 0 spiro atoms. The first-order valence-corrected chi connectivity index (χ1v) is 5.13. The van der Waals surface area contributed by atoms with Gasteiger partial charge in [0.05, 0.1) is 10.0 Å². The standard InChI is InChI=1S/C8H8Cl2S/c1-5-3-6(11-2)4-7(9)8(5)10/h3-4H,1-2H3. The molecule has 3 heteroatoms. The molecule has 11 heavy (non-hydrogen) atoms. The van der Waals surface area contributed by atoms with Crippen LogP contribution in [-0.2, 0) is 0 Å². The highest BCUT2D eigenvalue weighted by Crippen LogP contribution is 2.30. The van der Waals surface area contributed by atoms with Gasteiger partial charge in [0.15, 0.2) is 0 Å². The Bertz CT molecular complexity index is 248. The highest BCUT2D eigenvalue weighted by atomic mass is 35.5. The van der Waals surface area contributed by atoms with E-state index in [1.54, 1.807) is 11.8 Å². The predicted octanol–water partition coefficient (Wildman–Crippen LogP) is 4.02. The van der Waals surface area contributed by atoms with Gasteiger partial charge in [-0.1, -0.05) is 23.2 Å². The van der Waals surface area contributed by atoms with E-state index in [0.717, 1.165) is 10.5 Å². The average Bonchev–Trinajstić information content (AvgIpc) is 1.99. The van der Waals surface area contributed by atoms with Gasteiger partial charge in [0.2, 0.25) is 0 Å². The van der Waals surface area contributed by atoms with Gasteiger partial charge in [-0.05, 0) is 30.9 Å². The molecule has 1 aromatic carbocycles. The average molecular weight is 207 g/mol. The number of hydrogen-bond donors (Lipinski definition) is 0. The second-order valence-electron chi connectivity index (χ2n) is 2.24. The molecule has 0 bridgehead atoms. The molecule has 0 aliphatic carbocycles. The van der Waals surface area contributed by atoms with Crippen LogP contribution in [0.3, 0.4) is 0 Å². The Labute approximate surface area is 80.9 Å². The van der Waals surface area contributed by atoms with Crippen molar-refractivity contribution in [1.29, 1.82) is 0 Å². The quantitative estimate of drug-likeness (QED) is 0.626. The Kier molecular flexibility index (Phi) is 3.11. The molecule has 0 N–H and O–H groups in total. The lowest BCUT2D eigenvalue weighted by Gasteiger charge is -2.02. The maximum absolute atomic E-state index is 5.87. The molecule has 0 fully saturated rings. The Morgan fingerprint density at radius 2 is 1.91 bits per heavy atom. The Morgan fingerprint density at radius 3 is 2.36 bits per heavy atom. The molecule has 0 unspecified atom stereocenters. The summed E-state index contributed by atoms with van der Waals surface area (Å²) in [6.45, 7) is 1.95. The van der Waals surface area contributed by atoms with E-state index in [4.69, 9.17) is 23.2 Å². The van der Waals surface area contributed by atoms with E-state index in [1.807, 2.05) is 25.3 Å². The molecule has 0 heterocycles. The van der Waals surface area contributed by atoms with Crippen LogP contribution in [0.25, 0.3) is 0 Å². The zero-order valence-electron chi connectivity index (χ0n) is 6.32. The summed E-state index contributed by atoms with van der Waals surface area (Å²) < 4.78 is 0. The molecular weight excluding hydrogens is 199 g/mol. The third-order valence-corrected chi connectivity index (χ3v) is 3.02. The third-order valence-electron chi connectivity index (χ3n) is 1.42. The second kappa shape index (κ2) is 3.70. The van der Waals surface area contributed by atoms with Crippen molar-refractivity contribution >= 4 is 35.0 Å². The fourth-order valence-corrected chi connectivity index (χ4v) is 1.78. The van der Waals surface area contributed by atoms with Gasteiger partial charge in [-0.15, -0.1) is 11.8 Å². The topological polar surface area (TPSA) is 0 Å². The summed E-state index contributed by atoms with van der Waals surface area (Å²) in [4.78, 5) is 1.15. The van der Waals surface area contributed by atoms with Crippen LogP contribution in [0.1, 0.15) is 5.56 Å². The number of hydrogen-bond acceptors (Lipinski definition) is 1. The largest absolute Gasteiger partial charge is 0.130 e. The molecule has 0 radical (unpaired) electrons. The van der Waals surface area contributed by atoms with Gasteiger partial charge in [0.1, 0.15) is 0 Å². The summed E-state index contributed by atoms with van der Waals surface area (Å²) in [6, 6.07) is 3.90. The number of benzene rings is 1. The van der Waals surface area contributed by atoms with Gasteiger partial charge < -0.3 is 0 Å². The molecule has 0 saturated carbocycles. The number of rotatable bonds is 1. The van der Waals surface area contributed by atoms with E-state index in [-0.39, 0.29) is 0 Å². The molecule has 60 valence electrons. The first kappa shape index (κ1) is 9.24. The van der Waals surface area contributed by atoms with Crippen molar-refractivity contribution in [3.63, 3.8) is 0 Å². The normalized spacial score (nSPS) is 10.2. The van der Waals surface area contributed by atoms with Crippen LogP contribution >= 0.6 is 35.0 Å². The maximum atomic E-state index is 5.87. The van der Waals surface area contributed by atoms with Gasteiger partial charge in [0.25, 0.3) is 0 Å². The maximum Gasteiger partial charge on any atom is 0.0622 e. The Hall–Kier alpha value is 0.150. The molecule has 0 aliphatic heterocycles. The molecular formula is C8H8Cl2S. The van der Waals surface area contributed by atoms with Crippen molar-refractivity contribution in [3.8, 4) is 0 Å². The fourth-order valence-electron chi connectivity index (χ4n) is 0.813. The first-order chi connectivity index (χ1) is 5.15. The lowest BCUT2D eigenvalue weighted by atomic mass is 10.2. The number of thioether (sulfide) groups is 1. The molecule has 1 rings (SSSR count). The number of aryl methyl sites for hydroxylation is 1. The predicted molar refractivity (Wildman–Crippen MR) is 53.0 cm³/mol. The van der Waals surface area contributed by atoms with Gasteiger partial charge in [-0.2, -0.15) is 0 Å². The highest BCUT2D eigenvalue weighted by Gasteiger charge is 2.02. The Morgan fingerprint density at radius 1 is 1.27 bits per heavy atom. The van der Waals surface area contributed by atoms with Crippen LogP contribution in [0.5, 0.6) is 0 Å². The summed E-state index contributed by atoms with van der Waals surface area (Å²) >= 11 is 13.4. The minimum atomic E-state index is 0.635. The fraction of sp³-hybridized carbons (Fsp3) is 0.250. The molecule has 0 aliphatic rings. The lowest BCUT2D eigenvalue weighted by Crippen LogP contribution is -1.78. The summed E-state index contributed by atoms with van der Waals surface area (Å²) in [7, 11) is 0. The van der Waals surface area contributed by atoms with Crippen molar-refractivity contribution in [2.75, 3.05) is 6.26 Å². The van der Waals surface area contributed by atoms with E-state index in [2.05, 4.69) is 0 Å². The highest BCUT2D eigenvalue weighted by molar-refractivity contribution is 7.98.